The van der Waals surface area contributed by atoms with E-state index >= 15 is 0 Å². The van der Waals surface area contributed by atoms with Gasteiger partial charge in [-0.2, -0.15) is 4.31 Å². The van der Waals surface area contributed by atoms with Crippen LogP contribution in [0.2, 0.25) is 5.02 Å². The minimum atomic E-state index is -3.87. The van der Waals surface area contributed by atoms with Crippen LogP contribution in [-0.4, -0.2) is 55.1 Å². The molecule has 0 aromatic heterocycles. The van der Waals surface area contributed by atoms with Gasteiger partial charge >= 0.3 is 0 Å². The summed E-state index contributed by atoms with van der Waals surface area (Å²) in [5.41, 5.74) is 1.59. The summed E-state index contributed by atoms with van der Waals surface area (Å²) in [6, 6.07) is 12.5. The first-order valence-corrected chi connectivity index (χ1v) is 12.1. The summed E-state index contributed by atoms with van der Waals surface area (Å²) in [7, 11) is -2.52. The van der Waals surface area contributed by atoms with Crippen molar-refractivity contribution in [2.24, 2.45) is 0 Å². The zero-order valence-electron chi connectivity index (χ0n) is 19.0. The lowest BCUT2D eigenvalue weighted by Gasteiger charge is -2.31. The molecule has 0 saturated carbocycles. The van der Waals surface area contributed by atoms with Crippen molar-refractivity contribution in [3.8, 4) is 0 Å². The van der Waals surface area contributed by atoms with Crippen molar-refractivity contribution in [1.82, 2.24) is 14.5 Å². The van der Waals surface area contributed by atoms with Gasteiger partial charge in [-0.05, 0) is 51.5 Å². The summed E-state index contributed by atoms with van der Waals surface area (Å²) in [5, 5.41) is 3.26. The highest BCUT2D eigenvalue weighted by Gasteiger charge is 2.30. The van der Waals surface area contributed by atoms with E-state index in [9.17, 15) is 18.0 Å². The van der Waals surface area contributed by atoms with Gasteiger partial charge in [-0.25, -0.2) is 8.42 Å². The molecule has 9 heteroatoms. The number of rotatable bonds is 9. The molecule has 2 rings (SSSR count). The summed E-state index contributed by atoms with van der Waals surface area (Å²) in [6.45, 7) is 6.78. The minimum absolute atomic E-state index is 0.0730. The number of amides is 2. The number of nitrogens with zero attached hydrogens (tertiary/aromatic N) is 2. The van der Waals surface area contributed by atoms with E-state index in [4.69, 9.17) is 11.6 Å². The first kappa shape index (κ1) is 25.8. The lowest BCUT2D eigenvalue weighted by molar-refractivity contribution is -0.140. The molecule has 32 heavy (non-hydrogen) atoms. The Hall–Kier alpha value is -2.42. The molecule has 0 radical (unpaired) electrons. The lowest BCUT2D eigenvalue weighted by atomic mass is 10.1. The molecule has 7 nitrogen and oxygen atoms in total. The second-order valence-corrected chi connectivity index (χ2v) is 10.5. The van der Waals surface area contributed by atoms with Crippen molar-refractivity contribution in [3.05, 3.63) is 64.7 Å². The van der Waals surface area contributed by atoms with E-state index in [2.05, 4.69) is 5.32 Å². The average Bonchev–Trinajstić information content (AvgIpc) is 2.72. The Morgan fingerprint density at radius 1 is 1.03 bits per heavy atom. The molecule has 2 amide bonds. The molecule has 2 aromatic carbocycles. The number of hydrogen-bond donors (Lipinski definition) is 1. The van der Waals surface area contributed by atoms with Gasteiger partial charge in [-0.1, -0.05) is 47.5 Å². The summed E-state index contributed by atoms with van der Waals surface area (Å²) in [5.74, 6) is -0.834. The van der Waals surface area contributed by atoms with Gasteiger partial charge in [0.05, 0.1) is 11.4 Å². The van der Waals surface area contributed by atoms with E-state index in [-0.39, 0.29) is 23.4 Å². The van der Waals surface area contributed by atoms with Crippen molar-refractivity contribution < 1.29 is 18.0 Å². The Morgan fingerprint density at radius 2 is 1.62 bits per heavy atom. The third kappa shape index (κ3) is 6.54. The van der Waals surface area contributed by atoms with Crippen molar-refractivity contribution in [2.75, 3.05) is 13.6 Å². The maximum atomic E-state index is 13.2. The largest absolute Gasteiger partial charge is 0.352 e. The second kappa shape index (κ2) is 10.9. The predicted octanol–water partition coefficient (Wildman–Crippen LogP) is 3.21. The average molecular weight is 480 g/mol. The van der Waals surface area contributed by atoms with Gasteiger partial charge < -0.3 is 10.2 Å². The van der Waals surface area contributed by atoms with Crippen LogP contribution in [0.15, 0.2) is 53.4 Å². The first-order valence-electron chi connectivity index (χ1n) is 10.3. The maximum Gasteiger partial charge on any atom is 0.243 e. The Labute approximate surface area is 195 Å². The van der Waals surface area contributed by atoms with E-state index in [0.29, 0.717) is 10.6 Å². The fourth-order valence-electron chi connectivity index (χ4n) is 3.05. The predicted molar refractivity (Wildman–Crippen MR) is 126 cm³/mol. The van der Waals surface area contributed by atoms with Crippen LogP contribution in [0.1, 0.15) is 31.9 Å². The standard InChI is InChI=1S/C23H30ClN3O4S/c1-16(2)25-23(29)18(4)27(14-19-8-6-7-9-21(19)24)22(28)15-26(5)32(30,31)20-12-10-17(3)11-13-20/h6-13,16,18H,14-15H2,1-5H3,(H,25,29)/t18-/m0/s1. The fourth-order valence-corrected chi connectivity index (χ4v) is 4.37. The van der Waals surface area contributed by atoms with Gasteiger partial charge in [0.25, 0.3) is 0 Å². The zero-order valence-corrected chi connectivity index (χ0v) is 20.6. The van der Waals surface area contributed by atoms with Crippen LogP contribution in [0, 0.1) is 6.92 Å². The van der Waals surface area contributed by atoms with Crippen molar-refractivity contribution >= 4 is 33.4 Å². The molecule has 0 aliphatic heterocycles. The molecule has 0 aliphatic rings. The number of hydrogen-bond acceptors (Lipinski definition) is 4. The SMILES string of the molecule is Cc1ccc(S(=O)(=O)N(C)CC(=O)N(Cc2ccccc2Cl)[C@@H](C)C(=O)NC(C)C)cc1. The molecule has 0 saturated heterocycles. The van der Waals surface area contributed by atoms with Crippen LogP contribution in [-0.2, 0) is 26.2 Å². The molecular weight excluding hydrogens is 450 g/mol. The van der Waals surface area contributed by atoms with E-state index in [0.717, 1.165) is 9.87 Å². The molecule has 0 fully saturated rings. The van der Waals surface area contributed by atoms with Crippen LogP contribution in [0.5, 0.6) is 0 Å². The molecule has 0 unspecified atom stereocenters. The van der Waals surface area contributed by atoms with Crippen molar-refractivity contribution in [1.29, 1.82) is 0 Å². The van der Waals surface area contributed by atoms with Crippen LogP contribution < -0.4 is 5.32 Å². The van der Waals surface area contributed by atoms with Crippen molar-refractivity contribution in [2.45, 2.75) is 51.2 Å². The van der Waals surface area contributed by atoms with Gasteiger partial charge in [0.15, 0.2) is 0 Å². The quantitative estimate of drug-likeness (QED) is 0.598. The second-order valence-electron chi connectivity index (χ2n) is 8.03. The molecule has 0 bridgehead atoms. The van der Waals surface area contributed by atoms with Gasteiger partial charge in [-0.3, -0.25) is 9.59 Å². The fraction of sp³-hybridized carbons (Fsp3) is 0.391. The van der Waals surface area contributed by atoms with Crippen LogP contribution in [0.4, 0.5) is 0 Å². The van der Waals surface area contributed by atoms with Gasteiger partial charge in [0.1, 0.15) is 6.04 Å². The summed E-state index contributed by atoms with van der Waals surface area (Å²) < 4.78 is 26.8. The van der Waals surface area contributed by atoms with Gasteiger partial charge in [0.2, 0.25) is 21.8 Å². The highest BCUT2D eigenvalue weighted by Crippen LogP contribution is 2.20. The monoisotopic (exact) mass is 479 g/mol. The number of halogens is 1. The number of carbonyl (C=O) groups is 2. The topological polar surface area (TPSA) is 86.8 Å². The van der Waals surface area contributed by atoms with E-state index in [1.54, 1.807) is 43.3 Å². The minimum Gasteiger partial charge on any atom is -0.352 e. The molecule has 0 spiro atoms. The van der Waals surface area contributed by atoms with Crippen LogP contribution in [0.3, 0.4) is 0 Å². The van der Waals surface area contributed by atoms with Gasteiger partial charge in [-0.15, -0.1) is 0 Å². The van der Waals surface area contributed by atoms with Crippen molar-refractivity contribution in [3.63, 3.8) is 0 Å². The lowest BCUT2D eigenvalue weighted by Crippen LogP contribution is -2.51. The van der Waals surface area contributed by atoms with Crippen LogP contribution in [0.25, 0.3) is 0 Å². The smallest absolute Gasteiger partial charge is 0.243 e. The third-order valence-corrected chi connectivity index (χ3v) is 7.17. The highest BCUT2D eigenvalue weighted by molar-refractivity contribution is 7.89. The Kier molecular flexibility index (Phi) is 8.83. The molecular formula is C23H30ClN3O4S. The Bertz CT molecular complexity index is 1060. The molecule has 0 aliphatic carbocycles. The highest BCUT2D eigenvalue weighted by atomic mass is 35.5. The number of likely N-dealkylation sites (N-methyl/N-ethyl adjacent to an activating group) is 1. The normalized spacial score (nSPS) is 12.6. The Balaban J connectivity index is 2.29. The first-order chi connectivity index (χ1) is 14.9. The summed E-state index contributed by atoms with van der Waals surface area (Å²) in [6.07, 6.45) is 0. The van der Waals surface area contributed by atoms with E-state index in [1.165, 1.54) is 24.1 Å². The third-order valence-electron chi connectivity index (χ3n) is 4.98. The molecule has 174 valence electrons. The van der Waals surface area contributed by atoms with E-state index in [1.807, 2.05) is 20.8 Å². The summed E-state index contributed by atoms with van der Waals surface area (Å²) in [4.78, 5) is 27.3. The number of benzene rings is 2. The number of sulfonamides is 1. The molecule has 1 N–H and O–H groups in total. The molecule has 1 atom stereocenters. The van der Waals surface area contributed by atoms with E-state index < -0.39 is 28.5 Å². The zero-order chi connectivity index (χ0) is 24.1. The van der Waals surface area contributed by atoms with Gasteiger partial charge in [0, 0.05) is 24.7 Å². The number of nitrogens with one attached hydrogen (secondary N) is 1. The van der Waals surface area contributed by atoms with Crippen LogP contribution >= 0.6 is 11.6 Å². The number of aryl methyl sites for hydroxylation is 1. The maximum absolute atomic E-state index is 13.2. The molecule has 0 heterocycles. The Morgan fingerprint density at radius 3 is 2.19 bits per heavy atom. The summed E-state index contributed by atoms with van der Waals surface area (Å²) >= 11 is 6.27. The number of carbonyl (C=O) groups excluding carboxylic acids is 2. The molecule has 2 aromatic rings.